The molecule has 1 N–H and O–H groups in total. The lowest BCUT2D eigenvalue weighted by Crippen LogP contribution is -2.11. The van der Waals surface area contributed by atoms with Crippen molar-refractivity contribution in [2.75, 3.05) is 11.9 Å². The summed E-state index contributed by atoms with van der Waals surface area (Å²) in [5.74, 6) is 1.13. The van der Waals surface area contributed by atoms with Crippen LogP contribution in [0.5, 0.6) is 0 Å². The van der Waals surface area contributed by atoms with Gasteiger partial charge in [-0.25, -0.2) is 0 Å². The van der Waals surface area contributed by atoms with Crippen LogP contribution in [0.4, 0.5) is 5.69 Å². The minimum atomic E-state index is 0.971. The summed E-state index contributed by atoms with van der Waals surface area (Å²) >= 11 is 3.43. The number of rotatable bonds is 1. The van der Waals surface area contributed by atoms with E-state index in [1.165, 1.54) is 19.3 Å². The Balaban J connectivity index is 2.01. The van der Waals surface area contributed by atoms with Crippen molar-refractivity contribution in [3.05, 3.63) is 28.7 Å². The van der Waals surface area contributed by atoms with E-state index in [4.69, 9.17) is 0 Å². The Kier molecular flexibility index (Phi) is 3.78. The molecule has 0 aromatic heterocycles. The number of hydrogen-bond acceptors (Lipinski definition) is 2. The summed E-state index contributed by atoms with van der Waals surface area (Å²) in [7, 11) is 0. The highest BCUT2D eigenvalue weighted by atomic mass is 79.9. The van der Waals surface area contributed by atoms with Gasteiger partial charge in [0.05, 0.1) is 0 Å². The molecule has 1 aliphatic heterocycles. The normalized spacial score (nSPS) is 16.7. The van der Waals surface area contributed by atoms with Crippen molar-refractivity contribution in [3.8, 4) is 0 Å². The molecule has 2 rings (SSSR count). The lowest BCUT2D eigenvalue weighted by atomic mass is 10.2. The molecule has 1 heterocycles. The molecule has 0 bridgehead atoms. The van der Waals surface area contributed by atoms with Crippen LogP contribution in [0.15, 0.2) is 33.7 Å². The Bertz CT molecular complexity index is 343. The van der Waals surface area contributed by atoms with Crippen LogP contribution in [-0.2, 0) is 0 Å². The first-order chi connectivity index (χ1) is 7.34. The molecular formula is C12H15BrN2. The number of halogens is 1. The molecule has 0 saturated carbocycles. The number of hydrogen-bond donors (Lipinski definition) is 1. The second-order valence-corrected chi connectivity index (χ2v) is 4.69. The van der Waals surface area contributed by atoms with Crippen LogP contribution in [0, 0.1) is 0 Å². The predicted octanol–water partition coefficient (Wildman–Crippen LogP) is 3.83. The molecule has 0 aliphatic carbocycles. The maximum absolute atomic E-state index is 4.53. The van der Waals surface area contributed by atoms with Crippen molar-refractivity contribution in [1.82, 2.24) is 0 Å². The quantitative estimate of drug-likeness (QED) is 0.821. The molecule has 1 aromatic carbocycles. The van der Waals surface area contributed by atoms with Gasteiger partial charge in [0.25, 0.3) is 0 Å². The van der Waals surface area contributed by atoms with Gasteiger partial charge in [0, 0.05) is 23.1 Å². The van der Waals surface area contributed by atoms with Gasteiger partial charge in [-0.05, 0) is 37.1 Å². The molecular weight excluding hydrogens is 252 g/mol. The summed E-state index contributed by atoms with van der Waals surface area (Å²) in [6.07, 6.45) is 4.86. The molecule has 0 atom stereocenters. The first-order valence-corrected chi connectivity index (χ1v) is 6.20. The largest absolute Gasteiger partial charge is 0.344 e. The smallest absolute Gasteiger partial charge is 0.101 e. The maximum atomic E-state index is 4.53. The molecule has 3 heteroatoms. The van der Waals surface area contributed by atoms with Gasteiger partial charge in [-0.3, -0.25) is 4.99 Å². The van der Waals surface area contributed by atoms with Crippen LogP contribution in [-0.4, -0.2) is 12.4 Å². The van der Waals surface area contributed by atoms with Gasteiger partial charge < -0.3 is 5.32 Å². The number of aliphatic imine (C=N–C) groups is 1. The van der Waals surface area contributed by atoms with Gasteiger partial charge in [-0.2, -0.15) is 0 Å². The number of anilines is 1. The Hall–Kier alpha value is -0.830. The molecule has 15 heavy (non-hydrogen) atoms. The van der Waals surface area contributed by atoms with Crippen molar-refractivity contribution in [2.24, 2.45) is 4.99 Å². The predicted molar refractivity (Wildman–Crippen MR) is 68.5 cm³/mol. The second-order valence-electron chi connectivity index (χ2n) is 3.77. The molecule has 0 saturated heterocycles. The maximum Gasteiger partial charge on any atom is 0.101 e. The van der Waals surface area contributed by atoms with E-state index in [1.807, 2.05) is 12.1 Å². The Labute approximate surface area is 98.9 Å². The zero-order chi connectivity index (χ0) is 10.5. The van der Waals surface area contributed by atoms with Gasteiger partial charge >= 0.3 is 0 Å². The minimum Gasteiger partial charge on any atom is -0.344 e. The van der Waals surface area contributed by atoms with Crippen molar-refractivity contribution in [1.29, 1.82) is 0 Å². The van der Waals surface area contributed by atoms with E-state index >= 15 is 0 Å². The molecule has 2 nitrogen and oxygen atoms in total. The van der Waals surface area contributed by atoms with E-state index in [1.54, 1.807) is 0 Å². The lowest BCUT2D eigenvalue weighted by Gasteiger charge is -2.07. The molecule has 0 unspecified atom stereocenters. The van der Waals surface area contributed by atoms with E-state index in [0.29, 0.717) is 0 Å². The van der Waals surface area contributed by atoms with Crippen LogP contribution >= 0.6 is 15.9 Å². The highest BCUT2D eigenvalue weighted by Gasteiger charge is 2.03. The topological polar surface area (TPSA) is 24.4 Å². The first kappa shape index (κ1) is 10.7. The van der Waals surface area contributed by atoms with E-state index in [9.17, 15) is 0 Å². The minimum absolute atomic E-state index is 0.971. The van der Waals surface area contributed by atoms with Crippen molar-refractivity contribution in [3.63, 3.8) is 0 Å². The average Bonchev–Trinajstić information content (AvgIpc) is 2.50. The third-order valence-electron chi connectivity index (χ3n) is 2.51. The Morgan fingerprint density at radius 2 is 1.87 bits per heavy atom. The van der Waals surface area contributed by atoms with Crippen LogP contribution < -0.4 is 5.32 Å². The number of amidine groups is 1. The molecule has 1 aromatic rings. The molecule has 1 aliphatic rings. The third kappa shape index (κ3) is 3.34. The summed E-state index contributed by atoms with van der Waals surface area (Å²) < 4.78 is 1.11. The van der Waals surface area contributed by atoms with Gasteiger partial charge in [0.1, 0.15) is 5.84 Å². The molecule has 0 amide bonds. The molecule has 80 valence electrons. The first-order valence-electron chi connectivity index (χ1n) is 5.40. The van der Waals surface area contributed by atoms with Crippen molar-refractivity contribution < 1.29 is 0 Å². The van der Waals surface area contributed by atoms with E-state index in [-0.39, 0.29) is 0 Å². The standard InChI is InChI=1S/C12H15BrN2/c13-10-5-7-11(8-6-10)15-12-4-2-1-3-9-14-12/h5-8H,1-4,9H2,(H,14,15). The van der Waals surface area contributed by atoms with E-state index in [0.717, 1.165) is 29.0 Å². The van der Waals surface area contributed by atoms with E-state index in [2.05, 4.69) is 38.4 Å². The zero-order valence-electron chi connectivity index (χ0n) is 8.67. The fourth-order valence-corrected chi connectivity index (χ4v) is 1.94. The van der Waals surface area contributed by atoms with Gasteiger partial charge in [0.2, 0.25) is 0 Å². The fourth-order valence-electron chi connectivity index (χ4n) is 1.68. The van der Waals surface area contributed by atoms with E-state index < -0.39 is 0 Å². The molecule has 0 spiro atoms. The second kappa shape index (κ2) is 5.31. The zero-order valence-corrected chi connectivity index (χ0v) is 10.3. The van der Waals surface area contributed by atoms with Crippen LogP contribution in [0.1, 0.15) is 25.7 Å². The van der Waals surface area contributed by atoms with Crippen LogP contribution in [0.3, 0.4) is 0 Å². The summed E-state index contributed by atoms with van der Waals surface area (Å²) in [6, 6.07) is 8.22. The number of benzene rings is 1. The molecule has 0 radical (unpaired) electrons. The van der Waals surface area contributed by atoms with Crippen LogP contribution in [0.25, 0.3) is 0 Å². The van der Waals surface area contributed by atoms with Gasteiger partial charge in [0.15, 0.2) is 0 Å². The van der Waals surface area contributed by atoms with Gasteiger partial charge in [-0.1, -0.05) is 22.4 Å². The average molecular weight is 267 g/mol. The summed E-state index contributed by atoms with van der Waals surface area (Å²) in [5, 5.41) is 3.38. The van der Waals surface area contributed by atoms with Crippen LogP contribution in [0.2, 0.25) is 0 Å². The molecule has 0 fully saturated rings. The summed E-state index contributed by atoms with van der Waals surface area (Å²) in [6.45, 7) is 0.971. The Morgan fingerprint density at radius 3 is 2.67 bits per heavy atom. The van der Waals surface area contributed by atoms with Crippen molar-refractivity contribution in [2.45, 2.75) is 25.7 Å². The lowest BCUT2D eigenvalue weighted by molar-refractivity contribution is 0.731. The number of nitrogens with zero attached hydrogens (tertiary/aromatic N) is 1. The highest BCUT2D eigenvalue weighted by Crippen LogP contribution is 2.16. The van der Waals surface area contributed by atoms with Crippen molar-refractivity contribution >= 4 is 27.5 Å². The third-order valence-corrected chi connectivity index (χ3v) is 3.04. The summed E-state index contributed by atoms with van der Waals surface area (Å²) in [4.78, 5) is 4.53. The Morgan fingerprint density at radius 1 is 1.07 bits per heavy atom. The van der Waals surface area contributed by atoms with Gasteiger partial charge in [-0.15, -0.1) is 0 Å². The number of nitrogens with one attached hydrogen (secondary N) is 1. The fraction of sp³-hybridized carbons (Fsp3) is 0.417. The SMILES string of the molecule is Brc1ccc(NC2=NCCCCC2)cc1. The highest BCUT2D eigenvalue weighted by molar-refractivity contribution is 9.10. The summed E-state index contributed by atoms with van der Waals surface area (Å²) in [5.41, 5.74) is 1.12. The monoisotopic (exact) mass is 266 g/mol.